The fourth-order valence-electron chi connectivity index (χ4n) is 2.55. The normalized spacial score (nSPS) is 23.3. The van der Waals surface area contributed by atoms with E-state index in [4.69, 9.17) is 0 Å². The molecule has 3 heteroatoms. The molecule has 0 spiro atoms. The van der Waals surface area contributed by atoms with Crippen LogP contribution in [0.2, 0.25) is 0 Å². The number of anilines is 1. The van der Waals surface area contributed by atoms with Crippen molar-refractivity contribution in [1.29, 1.82) is 0 Å². The summed E-state index contributed by atoms with van der Waals surface area (Å²) in [5, 5.41) is 6.36. The van der Waals surface area contributed by atoms with Crippen LogP contribution in [0.4, 0.5) is 5.69 Å². The molecule has 0 aliphatic carbocycles. The first-order chi connectivity index (χ1) is 8.54. The summed E-state index contributed by atoms with van der Waals surface area (Å²) in [4.78, 5) is 12.5. The van der Waals surface area contributed by atoms with E-state index < -0.39 is 0 Å². The van der Waals surface area contributed by atoms with E-state index in [9.17, 15) is 4.79 Å². The zero-order chi connectivity index (χ0) is 13.2. The van der Waals surface area contributed by atoms with Gasteiger partial charge in [-0.3, -0.25) is 4.79 Å². The van der Waals surface area contributed by atoms with E-state index in [1.54, 1.807) is 0 Å². The Kier molecular flexibility index (Phi) is 3.71. The molecule has 0 radical (unpaired) electrons. The second-order valence-corrected chi connectivity index (χ2v) is 5.56. The fraction of sp³-hybridized carbons (Fsp3) is 0.533. The number of hydrogen-bond donors (Lipinski definition) is 2. The first kappa shape index (κ1) is 13.1. The minimum Gasteiger partial charge on any atom is -0.326 e. The minimum absolute atomic E-state index is 0.145. The molecular weight excluding hydrogens is 224 g/mol. The monoisotopic (exact) mass is 246 g/mol. The Morgan fingerprint density at radius 2 is 2.00 bits per heavy atom. The number of rotatable bonds is 3. The Morgan fingerprint density at radius 3 is 2.50 bits per heavy atom. The van der Waals surface area contributed by atoms with Gasteiger partial charge in [0.15, 0.2) is 0 Å². The molecule has 18 heavy (non-hydrogen) atoms. The summed E-state index contributed by atoms with van der Waals surface area (Å²) < 4.78 is 0. The molecule has 2 N–H and O–H groups in total. The molecule has 1 unspecified atom stereocenters. The van der Waals surface area contributed by atoms with Crippen molar-refractivity contribution < 1.29 is 4.79 Å². The van der Waals surface area contributed by atoms with Crippen LogP contribution in [0, 0.1) is 18.3 Å². The lowest BCUT2D eigenvalue weighted by molar-refractivity contribution is -0.126. The van der Waals surface area contributed by atoms with Gasteiger partial charge in [-0.25, -0.2) is 0 Å². The second-order valence-electron chi connectivity index (χ2n) is 5.56. The summed E-state index contributed by atoms with van der Waals surface area (Å²) in [6, 6.07) is 7.96. The Labute approximate surface area is 109 Å². The number of benzene rings is 1. The van der Waals surface area contributed by atoms with Gasteiger partial charge < -0.3 is 10.6 Å². The molecule has 1 fully saturated rings. The van der Waals surface area contributed by atoms with Crippen molar-refractivity contribution in [3.8, 4) is 0 Å². The van der Waals surface area contributed by atoms with E-state index in [1.807, 2.05) is 31.2 Å². The predicted octanol–water partition coefficient (Wildman–Crippen LogP) is 2.57. The van der Waals surface area contributed by atoms with E-state index >= 15 is 0 Å². The van der Waals surface area contributed by atoms with E-state index in [0.717, 1.165) is 25.2 Å². The second kappa shape index (κ2) is 5.11. The average Bonchev–Trinajstić information content (AvgIpc) is 2.82. The molecular formula is C15H22N2O. The molecule has 1 heterocycles. The predicted molar refractivity (Wildman–Crippen MR) is 74.6 cm³/mol. The summed E-state index contributed by atoms with van der Waals surface area (Å²) in [7, 11) is 0. The van der Waals surface area contributed by atoms with Crippen LogP contribution in [0.5, 0.6) is 0 Å². The molecule has 0 aromatic heterocycles. The van der Waals surface area contributed by atoms with Crippen molar-refractivity contribution in [3.05, 3.63) is 29.8 Å². The molecule has 1 aromatic rings. The van der Waals surface area contributed by atoms with Crippen molar-refractivity contribution in [2.24, 2.45) is 11.3 Å². The van der Waals surface area contributed by atoms with Gasteiger partial charge in [-0.15, -0.1) is 0 Å². The number of amides is 1. The Hall–Kier alpha value is -1.35. The van der Waals surface area contributed by atoms with Gasteiger partial charge in [-0.2, -0.15) is 0 Å². The summed E-state index contributed by atoms with van der Waals surface area (Å²) in [5.74, 6) is 0.490. The van der Waals surface area contributed by atoms with Gasteiger partial charge >= 0.3 is 0 Å². The third kappa shape index (κ3) is 2.41. The molecule has 3 nitrogen and oxygen atoms in total. The number of aryl methyl sites for hydroxylation is 1. The maximum Gasteiger partial charge on any atom is 0.232 e. The lowest BCUT2D eigenvalue weighted by Crippen LogP contribution is -2.42. The maximum absolute atomic E-state index is 12.5. The molecule has 1 aliphatic heterocycles. The van der Waals surface area contributed by atoms with Gasteiger partial charge in [-0.1, -0.05) is 31.5 Å². The quantitative estimate of drug-likeness (QED) is 0.860. The summed E-state index contributed by atoms with van der Waals surface area (Å²) in [5.41, 5.74) is 1.83. The van der Waals surface area contributed by atoms with Crippen LogP contribution in [-0.4, -0.2) is 19.0 Å². The number of nitrogens with one attached hydrogen (secondary N) is 2. The molecule has 0 saturated carbocycles. The average molecular weight is 246 g/mol. The molecule has 1 saturated heterocycles. The van der Waals surface area contributed by atoms with Crippen molar-refractivity contribution >= 4 is 11.6 Å². The first-order valence-corrected chi connectivity index (χ1v) is 6.63. The number of hydrogen-bond acceptors (Lipinski definition) is 2. The largest absolute Gasteiger partial charge is 0.326 e. The molecule has 1 aromatic carbocycles. The van der Waals surface area contributed by atoms with Crippen LogP contribution in [0.3, 0.4) is 0 Å². The number of carbonyl (C=O) groups is 1. The van der Waals surface area contributed by atoms with Gasteiger partial charge in [0.05, 0.1) is 5.41 Å². The van der Waals surface area contributed by atoms with E-state index in [2.05, 4.69) is 24.5 Å². The summed E-state index contributed by atoms with van der Waals surface area (Å²) >= 11 is 0. The maximum atomic E-state index is 12.5. The summed E-state index contributed by atoms with van der Waals surface area (Å²) in [6.07, 6.45) is 0.919. The first-order valence-electron chi connectivity index (χ1n) is 6.63. The highest BCUT2D eigenvalue weighted by molar-refractivity contribution is 5.96. The van der Waals surface area contributed by atoms with Gasteiger partial charge in [0, 0.05) is 12.2 Å². The Morgan fingerprint density at radius 1 is 1.33 bits per heavy atom. The molecule has 2 rings (SSSR count). The van der Waals surface area contributed by atoms with Gasteiger partial charge in [-0.05, 0) is 37.9 Å². The minimum atomic E-state index is -0.259. The van der Waals surface area contributed by atoms with E-state index in [-0.39, 0.29) is 11.3 Å². The Bertz CT molecular complexity index is 417. The Balaban J connectivity index is 2.13. The highest BCUT2D eigenvalue weighted by Crippen LogP contribution is 2.35. The fourth-order valence-corrected chi connectivity index (χ4v) is 2.55. The highest BCUT2D eigenvalue weighted by atomic mass is 16.2. The standard InChI is InChI=1S/C15H22N2O/c1-11(2)15(8-9-16-10-15)14(18)17-13-6-4-12(3)5-7-13/h4-7,11,16H,8-10H2,1-3H3,(H,17,18). The van der Waals surface area contributed by atoms with Crippen LogP contribution in [-0.2, 0) is 4.79 Å². The van der Waals surface area contributed by atoms with E-state index in [1.165, 1.54) is 5.56 Å². The van der Waals surface area contributed by atoms with Crippen molar-refractivity contribution in [3.63, 3.8) is 0 Å². The molecule has 0 bridgehead atoms. The zero-order valence-corrected chi connectivity index (χ0v) is 11.4. The third-order valence-electron chi connectivity index (χ3n) is 4.06. The zero-order valence-electron chi connectivity index (χ0n) is 11.4. The smallest absolute Gasteiger partial charge is 0.232 e. The van der Waals surface area contributed by atoms with Crippen molar-refractivity contribution in [2.75, 3.05) is 18.4 Å². The molecule has 1 amide bonds. The molecule has 98 valence electrons. The third-order valence-corrected chi connectivity index (χ3v) is 4.06. The van der Waals surface area contributed by atoms with Crippen molar-refractivity contribution in [1.82, 2.24) is 5.32 Å². The molecule has 1 atom stereocenters. The highest BCUT2D eigenvalue weighted by Gasteiger charge is 2.43. The van der Waals surface area contributed by atoms with Gasteiger partial charge in [0.25, 0.3) is 0 Å². The summed E-state index contributed by atoms with van der Waals surface area (Å²) in [6.45, 7) is 8.01. The topological polar surface area (TPSA) is 41.1 Å². The SMILES string of the molecule is Cc1ccc(NC(=O)C2(C(C)C)CCNC2)cc1. The van der Waals surface area contributed by atoms with Crippen LogP contribution in [0.1, 0.15) is 25.8 Å². The van der Waals surface area contributed by atoms with Crippen LogP contribution in [0.25, 0.3) is 0 Å². The van der Waals surface area contributed by atoms with Gasteiger partial charge in [0.2, 0.25) is 5.91 Å². The van der Waals surface area contributed by atoms with Crippen LogP contribution in [0.15, 0.2) is 24.3 Å². The molecule has 1 aliphatic rings. The van der Waals surface area contributed by atoms with E-state index in [0.29, 0.717) is 5.92 Å². The van der Waals surface area contributed by atoms with Crippen LogP contribution >= 0.6 is 0 Å². The lowest BCUT2D eigenvalue weighted by Gasteiger charge is -2.31. The van der Waals surface area contributed by atoms with Crippen molar-refractivity contribution in [2.45, 2.75) is 27.2 Å². The van der Waals surface area contributed by atoms with Crippen LogP contribution < -0.4 is 10.6 Å². The number of carbonyl (C=O) groups excluding carboxylic acids is 1. The van der Waals surface area contributed by atoms with Gasteiger partial charge in [0.1, 0.15) is 0 Å². The lowest BCUT2D eigenvalue weighted by atomic mass is 9.75.